The summed E-state index contributed by atoms with van der Waals surface area (Å²) < 4.78 is 0. The van der Waals surface area contributed by atoms with E-state index >= 15 is 0 Å². The van der Waals surface area contributed by atoms with E-state index in [0.29, 0.717) is 5.92 Å². The standard InChI is InChI=1S/C15H23ClN2/c1-17-8-5-12-3-4-14(15(16)11-12)13-6-9-18(2)10-7-13/h3-4,11,13,17H,5-10H2,1-2H3. The molecule has 0 bridgehead atoms. The van der Waals surface area contributed by atoms with Crippen LogP contribution >= 0.6 is 11.6 Å². The number of hydrogen-bond acceptors (Lipinski definition) is 2. The largest absolute Gasteiger partial charge is 0.319 e. The summed E-state index contributed by atoms with van der Waals surface area (Å²) in [5, 5.41) is 4.13. The molecule has 0 unspecified atom stereocenters. The lowest BCUT2D eigenvalue weighted by atomic mass is 9.89. The molecule has 0 aromatic heterocycles. The molecule has 2 rings (SSSR count). The van der Waals surface area contributed by atoms with Gasteiger partial charge in [0.1, 0.15) is 0 Å². The summed E-state index contributed by atoms with van der Waals surface area (Å²) in [6, 6.07) is 6.62. The van der Waals surface area contributed by atoms with Crippen LogP contribution in [0.1, 0.15) is 29.9 Å². The van der Waals surface area contributed by atoms with Gasteiger partial charge in [0.05, 0.1) is 0 Å². The maximum absolute atomic E-state index is 6.44. The summed E-state index contributed by atoms with van der Waals surface area (Å²) in [5.74, 6) is 0.645. The molecule has 1 heterocycles. The van der Waals surface area contributed by atoms with E-state index < -0.39 is 0 Å². The first-order valence-electron chi connectivity index (χ1n) is 6.82. The second kappa shape index (κ2) is 6.55. The molecule has 1 saturated heterocycles. The second-order valence-electron chi connectivity index (χ2n) is 5.29. The second-order valence-corrected chi connectivity index (χ2v) is 5.69. The predicted molar refractivity (Wildman–Crippen MR) is 78.6 cm³/mol. The molecule has 1 aliphatic heterocycles. The highest BCUT2D eigenvalue weighted by Gasteiger charge is 2.20. The van der Waals surface area contributed by atoms with Gasteiger partial charge < -0.3 is 10.2 Å². The van der Waals surface area contributed by atoms with Crippen molar-refractivity contribution in [1.29, 1.82) is 0 Å². The van der Waals surface area contributed by atoms with Crippen LogP contribution in [-0.4, -0.2) is 38.6 Å². The topological polar surface area (TPSA) is 15.3 Å². The molecule has 3 heteroatoms. The number of piperidine rings is 1. The fraction of sp³-hybridized carbons (Fsp3) is 0.600. The lowest BCUT2D eigenvalue weighted by Gasteiger charge is -2.29. The van der Waals surface area contributed by atoms with Crippen LogP contribution in [-0.2, 0) is 6.42 Å². The van der Waals surface area contributed by atoms with E-state index in [1.165, 1.54) is 37.1 Å². The van der Waals surface area contributed by atoms with Crippen molar-refractivity contribution in [2.45, 2.75) is 25.2 Å². The van der Waals surface area contributed by atoms with Crippen LogP contribution < -0.4 is 5.32 Å². The van der Waals surface area contributed by atoms with Crippen LogP contribution in [0.25, 0.3) is 0 Å². The van der Waals surface area contributed by atoms with Gasteiger partial charge in [-0.15, -0.1) is 0 Å². The van der Waals surface area contributed by atoms with E-state index in [1.807, 2.05) is 7.05 Å². The summed E-state index contributed by atoms with van der Waals surface area (Å²) in [6.45, 7) is 3.37. The highest BCUT2D eigenvalue weighted by Crippen LogP contribution is 2.33. The van der Waals surface area contributed by atoms with Crippen molar-refractivity contribution in [2.24, 2.45) is 0 Å². The van der Waals surface area contributed by atoms with Gasteiger partial charge in [0.15, 0.2) is 0 Å². The highest BCUT2D eigenvalue weighted by molar-refractivity contribution is 6.31. The Balaban J connectivity index is 2.05. The fourth-order valence-corrected chi connectivity index (χ4v) is 3.00. The van der Waals surface area contributed by atoms with E-state index in [0.717, 1.165) is 18.0 Å². The number of hydrogen-bond donors (Lipinski definition) is 1. The van der Waals surface area contributed by atoms with E-state index in [4.69, 9.17) is 11.6 Å². The van der Waals surface area contributed by atoms with Gasteiger partial charge in [-0.25, -0.2) is 0 Å². The zero-order valence-corrected chi connectivity index (χ0v) is 12.1. The first-order chi connectivity index (χ1) is 8.70. The van der Waals surface area contributed by atoms with Crippen LogP contribution in [0, 0.1) is 0 Å². The Morgan fingerprint density at radius 3 is 2.67 bits per heavy atom. The molecule has 0 spiro atoms. The van der Waals surface area contributed by atoms with E-state index in [1.54, 1.807) is 0 Å². The van der Waals surface area contributed by atoms with Crippen LogP contribution in [0.3, 0.4) is 0 Å². The molecule has 100 valence electrons. The average Bonchev–Trinajstić information content (AvgIpc) is 2.38. The summed E-state index contributed by atoms with van der Waals surface area (Å²) in [4.78, 5) is 2.39. The van der Waals surface area contributed by atoms with Crippen molar-refractivity contribution in [3.63, 3.8) is 0 Å². The van der Waals surface area contributed by atoms with Gasteiger partial charge in [0.25, 0.3) is 0 Å². The summed E-state index contributed by atoms with van der Waals surface area (Å²) in [5.41, 5.74) is 2.67. The third-order valence-corrected chi connectivity index (χ3v) is 4.21. The minimum Gasteiger partial charge on any atom is -0.319 e. The Labute approximate surface area is 115 Å². The van der Waals surface area contributed by atoms with Crippen LogP contribution in [0.2, 0.25) is 5.02 Å². The Morgan fingerprint density at radius 2 is 2.06 bits per heavy atom. The maximum Gasteiger partial charge on any atom is 0.0443 e. The number of halogens is 1. The summed E-state index contributed by atoms with van der Waals surface area (Å²) >= 11 is 6.44. The molecule has 18 heavy (non-hydrogen) atoms. The van der Waals surface area contributed by atoms with Crippen molar-refractivity contribution in [1.82, 2.24) is 10.2 Å². The number of nitrogens with one attached hydrogen (secondary N) is 1. The van der Waals surface area contributed by atoms with Crippen molar-refractivity contribution in [2.75, 3.05) is 33.7 Å². The minimum atomic E-state index is 0.645. The van der Waals surface area contributed by atoms with Crippen molar-refractivity contribution in [3.8, 4) is 0 Å². The van der Waals surface area contributed by atoms with Gasteiger partial charge in [-0.3, -0.25) is 0 Å². The van der Waals surface area contributed by atoms with Crippen molar-refractivity contribution in [3.05, 3.63) is 34.3 Å². The zero-order chi connectivity index (χ0) is 13.0. The van der Waals surface area contributed by atoms with E-state index in [-0.39, 0.29) is 0 Å². The average molecular weight is 267 g/mol. The van der Waals surface area contributed by atoms with Crippen LogP contribution in [0.4, 0.5) is 0 Å². The maximum atomic E-state index is 6.44. The monoisotopic (exact) mass is 266 g/mol. The molecule has 1 aliphatic rings. The number of likely N-dealkylation sites (tertiary alicyclic amines) is 1. The smallest absolute Gasteiger partial charge is 0.0443 e. The third kappa shape index (κ3) is 3.47. The molecule has 2 nitrogen and oxygen atoms in total. The van der Waals surface area contributed by atoms with Gasteiger partial charge in [0.2, 0.25) is 0 Å². The van der Waals surface area contributed by atoms with Crippen LogP contribution in [0.5, 0.6) is 0 Å². The normalized spacial score (nSPS) is 18.2. The summed E-state index contributed by atoms with van der Waals surface area (Å²) in [6.07, 6.45) is 3.50. The number of nitrogens with zero attached hydrogens (tertiary/aromatic N) is 1. The van der Waals surface area contributed by atoms with Gasteiger partial charge >= 0.3 is 0 Å². The van der Waals surface area contributed by atoms with Gasteiger partial charge in [-0.2, -0.15) is 0 Å². The first-order valence-corrected chi connectivity index (χ1v) is 7.20. The molecular weight excluding hydrogens is 244 g/mol. The molecule has 1 N–H and O–H groups in total. The van der Waals surface area contributed by atoms with Gasteiger partial charge in [-0.05, 0) is 76.1 Å². The quantitative estimate of drug-likeness (QED) is 0.902. The Morgan fingerprint density at radius 1 is 1.33 bits per heavy atom. The van der Waals surface area contributed by atoms with E-state index in [2.05, 4.69) is 35.5 Å². The lowest BCUT2D eigenvalue weighted by Crippen LogP contribution is -2.29. The first kappa shape index (κ1) is 13.9. The highest BCUT2D eigenvalue weighted by atomic mass is 35.5. The van der Waals surface area contributed by atoms with E-state index in [9.17, 15) is 0 Å². The Bertz CT molecular complexity index is 384. The molecule has 0 amide bonds. The van der Waals surface area contributed by atoms with Gasteiger partial charge in [0, 0.05) is 5.02 Å². The zero-order valence-electron chi connectivity index (χ0n) is 11.4. The van der Waals surface area contributed by atoms with Crippen LogP contribution in [0.15, 0.2) is 18.2 Å². The third-order valence-electron chi connectivity index (χ3n) is 3.89. The SMILES string of the molecule is CNCCc1ccc(C2CCN(C)CC2)c(Cl)c1. The molecule has 0 radical (unpaired) electrons. The Kier molecular flexibility index (Phi) is 5.04. The Hall–Kier alpha value is -0.570. The number of likely N-dealkylation sites (N-methyl/N-ethyl adjacent to an activating group) is 1. The minimum absolute atomic E-state index is 0.645. The molecule has 1 fully saturated rings. The van der Waals surface area contributed by atoms with Crippen molar-refractivity contribution >= 4 is 11.6 Å². The summed E-state index contributed by atoms with van der Waals surface area (Å²) in [7, 11) is 4.17. The van der Waals surface area contributed by atoms with Crippen molar-refractivity contribution < 1.29 is 0 Å². The fourth-order valence-electron chi connectivity index (χ4n) is 2.65. The molecule has 1 aromatic carbocycles. The number of benzene rings is 1. The lowest BCUT2D eigenvalue weighted by molar-refractivity contribution is 0.255. The molecule has 0 aliphatic carbocycles. The van der Waals surface area contributed by atoms with Gasteiger partial charge in [-0.1, -0.05) is 23.7 Å². The number of rotatable bonds is 4. The molecule has 0 saturated carbocycles. The molecule has 1 aromatic rings. The molecule has 0 atom stereocenters. The predicted octanol–water partition coefficient (Wildman–Crippen LogP) is 2.91. The molecular formula is C15H23ClN2.